The normalized spacial score (nSPS) is 10.5. The Balaban J connectivity index is 2.85. The Morgan fingerprint density at radius 3 is 2.41 bits per heavy atom. The minimum Gasteiger partial charge on any atom is -0.504 e. The standard InChI is InChI=1S/C18H19O4/c1-4-8-13-11(2)14(18(21)22-3)15(17(20)16(13)19)12-9-6-5-7-10-12/h5-7,9-10,20H,4,8H2,1-3H3. The molecule has 0 unspecified atom stereocenters. The van der Waals surface area contributed by atoms with Crippen LogP contribution in [0.4, 0.5) is 0 Å². The molecule has 1 N–H and O–H groups in total. The zero-order chi connectivity index (χ0) is 16.3. The number of carbonyl (C=O) groups excluding carboxylic acids is 1. The SMILES string of the molecule is CCCc1c(C)c(C(=O)OC)c(-c2ccccc2)c(O)c1[O]. The summed E-state index contributed by atoms with van der Waals surface area (Å²) >= 11 is 0. The molecular formula is C18H19O4. The van der Waals surface area contributed by atoms with E-state index in [4.69, 9.17) is 4.74 Å². The summed E-state index contributed by atoms with van der Waals surface area (Å²) in [5.41, 5.74) is 2.17. The van der Waals surface area contributed by atoms with Crippen LogP contribution in [-0.2, 0) is 16.3 Å². The van der Waals surface area contributed by atoms with Crippen LogP contribution >= 0.6 is 0 Å². The number of phenolic OH excluding ortho intramolecular Hbond substituents is 1. The molecule has 0 atom stereocenters. The summed E-state index contributed by atoms with van der Waals surface area (Å²) in [5, 5.41) is 22.8. The number of methoxy groups -OCH3 is 1. The van der Waals surface area contributed by atoms with Crippen molar-refractivity contribution in [1.82, 2.24) is 0 Å². The van der Waals surface area contributed by atoms with Gasteiger partial charge in [-0.1, -0.05) is 43.7 Å². The third-order valence-corrected chi connectivity index (χ3v) is 3.76. The molecule has 2 aromatic rings. The molecule has 0 saturated carbocycles. The van der Waals surface area contributed by atoms with Gasteiger partial charge in [0.25, 0.3) is 0 Å². The molecule has 0 bridgehead atoms. The summed E-state index contributed by atoms with van der Waals surface area (Å²) < 4.78 is 4.86. The highest BCUT2D eigenvalue weighted by molar-refractivity contribution is 6.02. The van der Waals surface area contributed by atoms with Crippen LogP contribution in [0.1, 0.15) is 34.8 Å². The van der Waals surface area contributed by atoms with Gasteiger partial charge in [-0.25, -0.2) is 4.79 Å². The van der Waals surface area contributed by atoms with Crippen molar-refractivity contribution in [2.45, 2.75) is 26.7 Å². The molecule has 2 rings (SSSR count). The van der Waals surface area contributed by atoms with E-state index >= 15 is 0 Å². The topological polar surface area (TPSA) is 66.4 Å². The molecule has 1 radical (unpaired) electrons. The molecule has 0 aliphatic carbocycles. The summed E-state index contributed by atoms with van der Waals surface area (Å²) in [4.78, 5) is 12.2. The van der Waals surface area contributed by atoms with E-state index < -0.39 is 11.7 Å². The van der Waals surface area contributed by atoms with Gasteiger partial charge in [-0.3, -0.25) is 5.11 Å². The third kappa shape index (κ3) is 2.64. The lowest BCUT2D eigenvalue weighted by Gasteiger charge is -2.17. The third-order valence-electron chi connectivity index (χ3n) is 3.76. The number of hydrogen-bond donors (Lipinski definition) is 1. The second-order valence-corrected chi connectivity index (χ2v) is 5.14. The van der Waals surface area contributed by atoms with Crippen LogP contribution < -0.4 is 0 Å². The number of ether oxygens (including phenoxy) is 1. The quantitative estimate of drug-likeness (QED) is 0.858. The predicted molar refractivity (Wildman–Crippen MR) is 83.7 cm³/mol. The first-order valence-corrected chi connectivity index (χ1v) is 7.22. The molecule has 0 aliphatic rings. The fraction of sp³-hybridized carbons (Fsp3) is 0.278. The Hall–Kier alpha value is -2.49. The number of carbonyl (C=O) groups is 1. The molecule has 0 spiro atoms. The molecule has 0 amide bonds. The number of aromatic hydroxyl groups is 1. The summed E-state index contributed by atoms with van der Waals surface area (Å²) in [7, 11) is 1.29. The zero-order valence-corrected chi connectivity index (χ0v) is 13.0. The van der Waals surface area contributed by atoms with Crippen molar-refractivity contribution in [1.29, 1.82) is 0 Å². The smallest absolute Gasteiger partial charge is 0.338 e. The van der Waals surface area contributed by atoms with Gasteiger partial charge in [0, 0.05) is 11.1 Å². The molecule has 0 heterocycles. The fourth-order valence-corrected chi connectivity index (χ4v) is 2.68. The molecule has 4 heteroatoms. The van der Waals surface area contributed by atoms with E-state index in [1.54, 1.807) is 31.2 Å². The maximum atomic E-state index is 12.4. The molecule has 0 saturated heterocycles. The Labute approximate surface area is 130 Å². The van der Waals surface area contributed by atoms with E-state index in [2.05, 4.69) is 0 Å². The first-order chi connectivity index (χ1) is 10.5. The van der Waals surface area contributed by atoms with Crippen LogP contribution in [0, 0.1) is 6.92 Å². The molecule has 22 heavy (non-hydrogen) atoms. The molecule has 2 aromatic carbocycles. The van der Waals surface area contributed by atoms with Gasteiger partial charge in [0.2, 0.25) is 5.75 Å². The van der Waals surface area contributed by atoms with E-state index in [1.807, 2.05) is 13.0 Å². The Morgan fingerprint density at radius 2 is 1.86 bits per heavy atom. The highest BCUT2D eigenvalue weighted by Crippen LogP contribution is 2.45. The molecule has 4 nitrogen and oxygen atoms in total. The van der Waals surface area contributed by atoms with Gasteiger partial charge < -0.3 is 9.84 Å². The van der Waals surface area contributed by atoms with Crippen molar-refractivity contribution in [3.63, 3.8) is 0 Å². The molecular weight excluding hydrogens is 280 g/mol. The highest BCUT2D eigenvalue weighted by atomic mass is 16.5. The number of hydrogen-bond acceptors (Lipinski definition) is 3. The van der Waals surface area contributed by atoms with Crippen molar-refractivity contribution in [2.24, 2.45) is 0 Å². The van der Waals surface area contributed by atoms with Crippen molar-refractivity contribution in [3.05, 3.63) is 47.0 Å². The van der Waals surface area contributed by atoms with E-state index in [1.165, 1.54) is 7.11 Å². The van der Waals surface area contributed by atoms with E-state index in [0.29, 0.717) is 23.1 Å². The number of rotatable bonds is 4. The second-order valence-electron chi connectivity index (χ2n) is 5.14. The van der Waals surface area contributed by atoms with Gasteiger partial charge in [0.05, 0.1) is 12.7 Å². The fourth-order valence-electron chi connectivity index (χ4n) is 2.68. The van der Waals surface area contributed by atoms with Crippen molar-refractivity contribution >= 4 is 5.97 Å². The molecule has 0 aliphatic heterocycles. The minimum atomic E-state index is -0.552. The van der Waals surface area contributed by atoms with E-state index in [9.17, 15) is 15.0 Å². The second kappa shape index (κ2) is 6.52. The van der Waals surface area contributed by atoms with Gasteiger partial charge in [-0.15, -0.1) is 0 Å². The first-order valence-electron chi connectivity index (χ1n) is 7.22. The summed E-state index contributed by atoms with van der Waals surface area (Å²) in [6.45, 7) is 3.67. The summed E-state index contributed by atoms with van der Waals surface area (Å²) in [6, 6.07) is 8.90. The monoisotopic (exact) mass is 299 g/mol. The molecule has 0 fully saturated rings. The van der Waals surface area contributed by atoms with Gasteiger partial charge in [-0.2, -0.15) is 0 Å². The number of benzene rings is 2. The van der Waals surface area contributed by atoms with Crippen LogP contribution in [0.25, 0.3) is 11.1 Å². The highest BCUT2D eigenvalue weighted by Gasteiger charge is 2.27. The molecule has 0 aromatic heterocycles. The molecule has 115 valence electrons. The number of phenols is 1. The Morgan fingerprint density at radius 1 is 1.23 bits per heavy atom. The minimum absolute atomic E-state index is 0.245. The van der Waals surface area contributed by atoms with Crippen molar-refractivity contribution < 1.29 is 19.7 Å². The number of esters is 1. The van der Waals surface area contributed by atoms with Crippen LogP contribution in [0.2, 0.25) is 0 Å². The van der Waals surface area contributed by atoms with Gasteiger partial charge in [0.15, 0.2) is 5.75 Å². The van der Waals surface area contributed by atoms with Gasteiger partial charge in [-0.05, 0) is 24.5 Å². The lowest BCUT2D eigenvalue weighted by atomic mass is 9.89. The van der Waals surface area contributed by atoms with Crippen LogP contribution in [0.3, 0.4) is 0 Å². The zero-order valence-electron chi connectivity index (χ0n) is 13.0. The Kier molecular flexibility index (Phi) is 4.71. The lowest BCUT2D eigenvalue weighted by Crippen LogP contribution is -2.09. The van der Waals surface area contributed by atoms with E-state index in [0.717, 1.165) is 6.42 Å². The van der Waals surface area contributed by atoms with Gasteiger partial charge in [0.1, 0.15) is 0 Å². The Bertz CT molecular complexity index is 690. The van der Waals surface area contributed by atoms with Crippen LogP contribution in [0.15, 0.2) is 30.3 Å². The largest absolute Gasteiger partial charge is 0.504 e. The van der Waals surface area contributed by atoms with Crippen molar-refractivity contribution in [2.75, 3.05) is 7.11 Å². The summed E-state index contributed by atoms with van der Waals surface area (Å²) in [6.07, 6.45) is 1.26. The van der Waals surface area contributed by atoms with Crippen LogP contribution in [0.5, 0.6) is 11.5 Å². The average molecular weight is 299 g/mol. The maximum Gasteiger partial charge on any atom is 0.338 e. The van der Waals surface area contributed by atoms with E-state index in [-0.39, 0.29) is 16.9 Å². The average Bonchev–Trinajstić information content (AvgIpc) is 2.54. The summed E-state index contributed by atoms with van der Waals surface area (Å²) in [5.74, 6) is -1.35. The van der Waals surface area contributed by atoms with Crippen molar-refractivity contribution in [3.8, 4) is 22.6 Å². The maximum absolute atomic E-state index is 12.4. The first kappa shape index (κ1) is 15.9. The predicted octanol–water partition coefficient (Wildman–Crippen LogP) is 4.25. The van der Waals surface area contributed by atoms with Crippen LogP contribution in [-0.4, -0.2) is 18.2 Å². The van der Waals surface area contributed by atoms with Gasteiger partial charge >= 0.3 is 5.97 Å². The lowest BCUT2D eigenvalue weighted by molar-refractivity contribution is 0.0600.